The maximum Gasteiger partial charge on any atom is 0.231 e. The van der Waals surface area contributed by atoms with Crippen molar-refractivity contribution < 1.29 is 4.79 Å². The third-order valence-electron chi connectivity index (χ3n) is 4.92. The molecule has 3 aromatic rings. The molecular weight excluding hydrogens is 403 g/mol. The van der Waals surface area contributed by atoms with Gasteiger partial charge in [-0.2, -0.15) is 0 Å². The third kappa shape index (κ3) is 4.45. The van der Waals surface area contributed by atoms with Gasteiger partial charge in [0.05, 0.1) is 16.0 Å². The summed E-state index contributed by atoms with van der Waals surface area (Å²) in [5, 5.41) is 1.40. The molecule has 1 aliphatic carbocycles. The number of aromatic nitrogens is 3. The highest BCUT2D eigenvalue weighted by Crippen LogP contribution is 2.35. The standard InChI is InChI=1S/C19H21ClN4OS.ClH/c20-15-7-3-8-16-17(15)22-19(26-16)24(18(25)14-5-1-2-6-14)11-4-10-23-12-9-21-13-23;/h3,7-9,12-14H,1-2,4-6,10-11H2;1H. The fourth-order valence-corrected chi connectivity index (χ4v) is 4.84. The fourth-order valence-electron chi connectivity index (χ4n) is 3.54. The van der Waals surface area contributed by atoms with Crippen LogP contribution in [-0.2, 0) is 11.3 Å². The van der Waals surface area contributed by atoms with E-state index in [9.17, 15) is 4.79 Å². The Morgan fingerprint density at radius 3 is 2.85 bits per heavy atom. The molecule has 27 heavy (non-hydrogen) atoms. The predicted octanol–water partition coefficient (Wildman–Crippen LogP) is 5.18. The van der Waals surface area contributed by atoms with Crippen LogP contribution in [-0.4, -0.2) is 27.0 Å². The van der Waals surface area contributed by atoms with E-state index in [1.165, 1.54) is 0 Å². The first-order chi connectivity index (χ1) is 12.7. The van der Waals surface area contributed by atoms with Crippen LogP contribution in [0.4, 0.5) is 5.13 Å². The predicted molar refractivity (Wildman–Crippen MR) is 113 cm³/mol. The van der Waals surface area contributed by atoms with E-state index in [4.69, 9.17) is 16.6 Å². The Kier molecular flexibility index (Phi) is 6.73. The zero-order chi connectivity index (χ0) is 17.9. The van der Waals surface area contributed by atoms with Crippen LogP contribution in [0.1, 0.15) is 32.1 Å². The number of thiazole rings is 1. The van der Waals surface area contributed by atoms with Gasteiger partial charge in [-0.15, -0.1) is 12.4 Å². The van der Waals surface area contributed by atoms with Gasteiger partial charge in [0.15, 0.2) is 5.13 Å². The minimum Gasteiger partial charge on any atom is -0.337 e. The van der Waals surface area contributed by atoms with E-state index in [-0.39, 0.29) is 24.2 Å². The second-order valence-corrected chi connectivity index (χ2v) is 8.12. The first-order valence-corrected chi connectivity index (χ1v) is 10.2. The van der Waals surface area contributed by atoms with E-state index in [1.54, 1.807) is 23.9 Å². The lowest BCUT2D eigenvalue weighted by molar-refractivity contribution is -0.122. The molecule has 144 valence electrons. The first-order valence-electron chi connectivity index (χ1n) is 9.04. The van der Waals surface area contributed by atoms with Gasteiger partial charge in [-0.05, 0) is 31.4 Å². The molecule has 8 heteroatoms. The largest absolute Gasteiger partial charge is 0.337 e. The summed E-state index contributed by atoms with van der Waals surface area (Å²) < 4.78 is 3.05. The summed E-state index contributed by atoms with van der Waals surface area (Å²) in [7, 11) is 0. The Hall–Kier alpha value is -1.63. The van der Waals surface area contributed by atoms with Gasteiger partial charge >= 0.3 is 0 Å². The summed E-state index contributed by atoms with van der Waals surface area (Å²) in [5.74, 6) is 0.342. The van der Waals surface area contributed by atoms with E-state index in [2.05, 4.69) is 4.98 Å². The highest BCUT2D eigenvalue weighted by atomic mass is 35.5. The Balaban J connectivity index is 0.00000210. The van der Waals surface area contributed by atoms with Crippen molar-refractivity contribution in [2.45, 2.75) is 38.6 Å². The number of carbonyl (C=O) groups excluding carboxylic acids is 1. The molecule has 0 atom stereocenters. The van der Waals surface area contributed by atoms with Crippen LogP contribution in [0.15, 0.2) is 36.9 Å². The quantitative estimate of drug-likeness (QED) is 0.547. The number of anilines is 1. The summed E-state index contributed by atoms with van der Waals surface area (Å²) >= 11 is 7.83. The molecule has 2 aromatic heterocycles. The average molecular weight is 425 g/mol. The number of fused-ring (bicyclic) bond motifs is 1. The zero-order valence-electron chi connectivity index (χ0n) is 14.9. The molecule has 1 saturated carbocycles. The second-order valence-electron chi connectivity index (χ2n) is 6.71. The van der Waals surface area contributed by atoms with Crippen molar-refractivity contribution in [1.82, 2.24) is 14.5 Å². The topological polar surface area (TPSA) is 51.0 Å². The summed E-state index contributed by atoms with van der Waals surface area (Å²) in [4.78, 5) is 23.8. The van der Waals surface area contributed by atoms with Crippen molar-refractivity contribution in [1.29, 1.82) is 0 Å². The minimum atomic E-state index is 0. The van der Waals surface area contributed by atoms with Crippen LogP contribution in [0.5, 0.6) is 0 Å². The van der Waals surface area contributed by atoms with Crippen molar-refractivity contribution in [3.8, 4) is 0 Å². The van der Waals surface area contributed by atoms with Crippen LogP contribution in [0.3, 0.4) is 0 Å². The van der Waals surface area contributed by atoms with E-state index in [1.807, 2.05) is 33.9 Å². The lowest BCUT2D eigenvalue weighted by atomic mass is 10.1. The van der Waals surface area contributed by atoms with Crippen LogP contribution in [0, 0.1) is 5.92 Å². The molecule has 2 heterocycles. The van der Waals surface area contributed by atoms with Gasteiger partial charge in [-0.3, -0.25) is 9.69 Å². The van der Waals surface area contributed by atoms with Gasteiger partial charge in [-0.25, -0.2) is 9.97 Å². The maximum atomic E-state index is 13.1. The number of benzene rings is 1. The van der Waals surface area contributed by atoms with Crippen molar-refractivity contribution in [2.75, 3.05) is 11.4 Å². The normalized spacial score (nSPS) is 14.4. The van der Waals surface area contributed by atoms with Crippen molar-refractivity contribution >= 4 is 56.6 Å². The van der Waals surface area contributed by atoms with Crippen LogP contribution >= 0.6 is 35.3 Å². The molecule has 0 radical (unpaired) electrons. The minimum absolute atomic E-state index is 0. The summed E-state index contributed by atoms with van der Waals surface area (Å²) in [6, 6.07) is 5.77. The number of aryl methyl sites for hydroxylation is 1. The monoisotopic (exact) mass is 424 g/mol. The first kappa shape index (κ1) is 20.1. The molecule has 0 saturated heterocycles. The number of para-hydroxylation sites is 1. The highest BCUT2D eigenvalue weighted by Gasteiger charge is 2.29. The molecule has 1 aliphatic rings. The molecule has 0 spiro atoms. The number of rotatable bonds is 6. The number of imidazole rings is 1. The molecule has 0 unspecified atom stereocenters. The number of amides is 1. The average Bonchev–Trinajstić information content (AvgIpc) is 3.39. The lowest BCUT2D eigenvalue weighted by Crippen LogP contribution is -2.36. The van der Waals surface area contributed by atoms with Crippen LogP contribution < -0.4 is 4.90 Å². The van der Waals surface area contributed by atoms with E-state index in [0.717, 1.165) is 54.0 Å². The van der Waals surface area contributed by atoms with Gasteiger partial charge in [0.2, 0.25) is 5.91 Å². The molecule has 1 aromatic carbocycles. The Labute approximate surface area is 173 Å². The van der Waals surface area contributed by atoms with Gasteiger partial charge in [0, 0.05) is 31.4 Å². The van der Waals surface area contributed by atoms with E-state index < -0.39 is 0 Å². The van der Waals surface area contributed by atoms with Gasteiger partial charge in [0.25, 0.3) is 0 Å². The van der Waals surface area contributed by atoms with Crippen LogP contribution in [0.2, 0.25) is 5.02 Å². The third-order valence-corrected chi connectivity index (χ3v) is 6.27. The van der Waals surface area contributed by atoms with Crippen LogP contribution in [0.25, 0.3) is 10.2 Å². The summed E-state index contributed by atoms with van der Waals surface area (Å²) in [5.41, 5.74) is 0.785. The maximum absolute atomic E-state index is 13.1. The van der Waals surface area contributed by atoms with E-state index in [0.29, 0.717) is 11.6 Å². The van der Waals surface area contributed by atoms with Crippen molar-refractivity contribution in [3.63, 3.8) is 0 Å². The molecule has 1 amide bonds. The fraction of sp³-hybridized carbons (Fsp3) is 0.421. The molecule has 0 N–H and O–H groups in total. The second kappa shape index (κ2) is 9.04. The number of nitrogens with zero attached hydrogens (tertiary/aromatic N) is 4. The van der Waals surface area contributed by atoms with Gasteiger partial charge in [0.1, 0.15) is 5.52 Å². The lowest BCUT2D eigenvalue weighted by Gasteiger charge is -2.23. The molecule has 0 aliphatic heterocycles. The molecular formula is C19H22Cl2N4OS. The Morgan fingerprint density at radius 2 is 2.15 bits per heavy atom. The number of carbonyl (C=O) groups is 1. The van der Waals surface area contributed by atoms with Gasteiger partial charge < -0.3 is 4.57 Å². The Morgan fingerprint density at radius 1 is 1.33 bits per heavy atom. The van der Waals surface area contributed by atoms with Gasteiger partial charge in [-0.1, -0.05) is 41.8 Å². The van der Waals surface area contributed by atoms with E-state index >= 15 is 0 Å². The summed E-state index contributed by atoms with van der Waals surface area (Å²) in [6.07, 6.45) is 10.7. The number of hydrogen-bond acceptors (Lipinski definition) is 4. The summed E-state index contributed by atoms with van der Waals surface area (Å²) in [6.45, 7) is 1.49. The smallest absolute Gasteiger partial charge is 0.231 e. The molecule has 0 bridgehead atoms. The SMILES string of the molecule is Cl.O=C(C1CCCC1)N(CCCn1ccnc1)c1nc2c(Cl)cccc2s1. The van der Waals surface area contributed by atoms with Crippen molar-refractivity contribution in [3.05, 3.63) is 41.9 Å². The zero-order valence-corrected chi connectivity index (χ0v) is 17.3. The number of hydrogen-bond donors (Lipinski definition) is 0. The molecule has 5 nitrogen and oxygen atoms in total. The molecule has 4 rings (SSSR count). The Bertz CT molecular complexity index is 890. The number of halogens is 2. The van der Waals surface area contributed by atoms with Crippen molar-refractivity contribution in [2.24, 2.45) is 5.92 Å². The molecule has 1 fully saturated rings. The highest BCUT2D eigenvalue weighted by molar-refractivity contribution is 7.22.